The van der Waals surface area contributed by atoms with E-state index in [1.165, 1.54) is 0 Å². The highest BCUT2D eigenvalue weighted by Gasteiger charge is 1.65. The van der Waals surface area contributed by atoms with Crippen molar-refractivity contribution in [3.05, 3.63) is 0 Å². The van der Waals surface area contributed by atoms with Crippen LogP contribution in [0, 0.1) is 0 Å². The molecule has 0 aliphatic carbocycles. The van der Waals surface area contributed by atoms with Gasteiger partial charge < -0.3 is 9.29 Å². The molecule has 0 spiro atoms. The summed E-state index contributed by atoms with van der Waals surface area (Å²) in [6.45, 7) is 3.65. The molecular weight excluding hydrogens is 128 g/mol. The zero-order valence-electron chi connectivity index (χ0n) is 4.92. The molecule has 0 amide bonds. The van der Waals surface area contributed by atoms with Gasteiger partial charge in [-0.1, -0.05) is 0 Å². The third-order valence-electron chi connectivity index (χ3n) is 0.129. The molecule has 0 aromatic rings. The lowest BCUT2D eigenvalue weighted by atomic mass is 10.9. The molecule has 0 radical (unpaired) electrons. The summed E-state index contributed by atoms with van der Waals surface area (Å²) in [5.74, 6) is -0.833. The van der Waals surface area contributed by atoms with Crippen LogP contribution in [0.4, 0.5) is 0 Å². The standard InChI is InChI=1S/C2H4O2.C2H6OS/c1-2(3)4;1-2-3-4/h1H3,(H,3,4);4H,2H2,1H3. The van der Waals surface area contributed by atoms with E-state index in [1.54, 1.807) is 0 Å². The molecule has 0 rings (SSSR count). The summed E-state index contributed by atoms with van der Waals surface area (Å²) < 4.78 is 4.24. The Bertz CT molecular complexity index is 49.2. The predicted octanol–water partition coefficient (Wildman–Crippen LogP) is 0.959. The molecule has 0 aliphatic heterocycles. The Hall–Kier alpha value is -0.220. The molecule has 50 valence electrons. The summed E-state index contributed by atoms with van der Waals surface area (Å²) in [5, 5.41) is 7.42. The number of hydrogen-bond acceptors (Lipinski definition) is 3. The summed E-state index contributed by atoms with van der Waals surface area (Å²) in [6.07, 6.45) is 0. The van der Waals surface area contributed by atoms with Crippen molar-refractivity contribution < 1.29 is 14.1 Å². The van der Waals surface area contributed by atoms with Gasteiger partial charge in [-0.05, 0) is 19.8 Å². The van der Waals surface area contributed by atoms with Gasteiger partial charge in [0.1, 0.15) is 0 Å². The van der Waals surface area contributed by atoms with Crippen LogP contribution in [0.2, 0.25) is 0 Å². The van der Waals surface area contributed by atoms with Crippen molar-refractivity contribution >= 4 is 18.9 Å². The Morgan fingerprint density at radius 1 is 1.88 bits per heavy atom. The van der Waals surface area contributed by atoms with E-state index in [0.29, 0.717) is 6.61 Å². The van der Waals surface area contributed by atoms with Crippen LogP contribution < -0.4 is 0 Å². The van der Waals surface area contributed by atoms with E-state index in [9.17, 15) is 0 Å². The molecule has 0 atom stereocenters. The maximum atomic E-state index is 9.00. The first-order chi connectivity index (χ1) is 3.65. The maximum Gasteiger partial charge on any atom is 0.300 e. The minimum atomic E-state index is -0.833. The fraction of sp³-hybridized carbons (Fsp3) is 0.750. The normalized spacial score (nSPS) is 6.88. The first-order valence-corrected chi connectivity index (χ1v) is 2.47. The fourth-order valence-corrected chi connectivity index (χ4v) is 0. The minimum absolute atomic E-state index is 0.684. The van der Waals surface area contributed by atoms with E-state index < -0.39 is 5.97 Å². The average molecular weight is 138 g/mol. The summed E-state index contributed by atoms with van der Waals surface area (Å²) in [7, 11) is 0. The lowest BCUT2D eigenvalue weighted by Crippen LogP contribution is -1.78. The number of rotatable bonds is 1. The number of hydrogen-bond donors (Lipinski definition) is 2. The number of aliphatic carboxylic acids is 1. The second kappa shape index (κ2) is 9.91. The molecule has 0 fully saturated rings. The predicted molar refractivity (Wildman–Crippen MR) is 33.9 cm³/mol. The third-order valence-corrected chi connectivity index (χ3v) is 0.387. The van der Waals surface area contributed by atoms with Gasteiger partial charge in [-0.2, -0.15) is 0 Å². The first kappa shape index (κ1) is 10.7. The van der Waals surface area contributed by atoms with E-state index in [-0.39, 0.29) is 0 Å². The van der Waals surface area contributed by atoms with Gasteiger partial charge >= 0.3 is 0 Å². The largest absolute Gasteiger partial charge is 0.481 e. The van der Waals surface area contributed by atoms with Gasteiger partial charge in [0.25, 0.3) is 5.97 Å². The Balaban J connectivity index is 0. The molecule has 0 saturated heterocycles. The SMILES string of the molecule is CC(=O)O.CCOS. The number of thiol groups is 1. The molecule has 0 unspecified atom stereocenters. The van der Waals surface area contributed by atoms with E-state index in [0.717, 1.165) is 6.92 Å². The Morgan fingerprint density at radius 3 is 2.00 bits per heavy atom. The molecular formula is C4H10O3S. The van der Waals surface area contributed by atoms with Crippen LogP contribution in [0.3, 0.4) is 0 Å². The van der Waals surface area contributed by atoms with Crippen LogP contribution in [0.5, 0.6) is 0 Å². The highest BCUT2D eigenvalue weighted by atomic mass is 32.1. The van der Waals surface area contributed by atoms with E-state index in [1.807, 2.05) is 6.92 Å². The molecule has 0 heterocycles. The quantitative estimate of drug-likeness (QED) is 0.419. The summed E-state index contributed by atoms with van der Waals surface area (Å²) in [6, 6.07) is 0. The Kier molecular flexibility index (Phi) is 13.3. The van der Waals surface area contributed by atoms with Crippen LogP contribution in [0.15, 0.2) is 0 Å². The number of carboxylic acids is 1. The van der Waals surface area contributed by atoms with Crippen molar-refractivity contribution in [1.29, 1.82) is 0 Å². The lowest BCUT2D eigenvalue weighted by Gasteiger charge is -1.73. The first-order valence-electron chi connectivity index (χ1n) is 2.11. The van der Waals surface area contributed by atoms with Crippen LogP contribution in [-0.2, 0) is 8.98 Å². The average Bonchev–Trinajstić information content (AvgIpc) is 1.65. The third kappa shape index (κ3) is 217. The second-order valence-electron chi connectivity index (χ2n) is 0.937. The lowest BCUT2D eigenvalue weighted by molar-refractivity contribution is -0.134. The number of carboxylic acid groups (broad SMARTS) is 1. The van der Waals surface area contributed by atoms with Crippen LogP contribution in [-0.4, -0.2) is 17.7 Å². The molecule has 3 nitrogen and oxygen atoms in total. The van der Waals surface area contributed by atoms with Crippen molar-refractivity contribution in [2.45, 2.75) is 13.8 Å². The van der Waals surface area contributed by atoms with Crippen LogP contribution in [0.25, 0.3) is 0 Å². The summed E-state index contributed by atoms with van der Waals surface area (Å²) in [4.78, 5) is 9.00. The van der Waals surface area contributed by atoms with E-state index in [2.05, 4.69) is 17.1 Å². The van der Waals surface area contributed by atoms with Gasteiger partial charge in [-0.25, -0.2) is 0 Å². The number of carbonyl (C=O) groups is 1. The van der Waals surface area contributed by atoms with Gasteiger partial charge in [-0.3, -0.25) is 4.79 Å². The Labute approximate surface area is 54.3 Å². The van der Waals surface area contributed by atoms with Crippen molar-refractivity contribution in [3.63, 3.8) is 0 Å². The van der Waals surface area contributed by atoms with Crippen LogP contribution >= 0.6 is 12.9 Å². The van der Waals surface area contributed by atoms with Gasteiger partial charge in [-0.15, -0.1) is 0 Å². The maximum absolute atomic E-state index is 9.00. The zero-order valence-corrected chi connectivity index (χ0v) is 5.81. The summed E-state index contributed by atoms with van der Waals surface area (Å²) >= 11 is 3.42. The van der Waals surface area contributed by atoms with Gasteiger partial charge in [0.2, 0.25) is 0 Å². The van der Waals surface area contributed by atoms with E-state index >= 15 is 0 Å². The molecule has 4 heteroatoms. The minimum Gasteiger partial charge on any atom is -0.481 e. The second-order valence-corrected chi connectivity index (χ2v) is 1.19. The zero-order chi connectivity index (χ0) is 6.99. The van der Waals surface area contributed by atoms with E-state index in [4.69, 9.17) is 9.90 Å². The Morgan fingerprint density at radius 2 is 2.00 bits per heavy atom. The molecule has 0 bridgehead atoms. The molecule has 0 aliphatic rings. The molecule has 8 heavy (non-hydrogen) atoms. The van der Waals surface area contributed by atoms with Crippen molar-refractivity contribution in [2.75, 3.05) is 6.61 Å². The monoisotopic (exact) mass is 138 g/mol. The molecule has 0 aromatic heterocycles. The van der Waals surface area contributed by atoms with Crippen molar-refractivity contribution in [1.82, 2.24) is 0 Å². The van der Waals surface area contributed by atoms with Crippen molar-refractivity contribution in [2.24, 2.45) is 0 Å². The fourth-order valence-electron chi connectivity index (χ4n) is 0. The highest BCUT2D eigenvalue weighted by molar-refractivity contribution is 7.75. The van der Waals surface area contributed by atoms with Crippen LogP contribution in [0.1, 0.15) is 13.8 Å². The smallest absolute Gasteiger partial charge is 0.300 e. The molecule has 0 saturated carbocycles. The van der Waals surface area contributed by atoms with Gasteiger partial charge in [0.05, 0.1) is 6.61 Å². The van der Waals surface area contributed by atoms with Gasteiger partial charge in [0.15, 0.2) is 0 Å². The summed E-state index contributed by atoms with van der Waals surface area (Å²) in [5.41, 5.74) is 0. The van der Waals surface area contributed by atoms with Gasteiger partial charge in [0, 0.05) is 6.92 Å². The topological polar surface area (TPSA) is 46.5 Å². The molecule has 0 aromatic carbocycles. The highest BCUT2D eigenvalue weighted by Crippen LogP contribution is 1.69. The molecule has 1 N–H and O–H groups in total. The van der Waals surface area contributed by atoms with Crippen molar-refractivity contribution in [3.8, 4) is 0 Å².